The van der Waals surface area contributed by atoms with E-state index in [0.717, 1.165) is 37.0 Å². The van der Waals surface area contributed by atoms with Gasteiger partial charge < -0.3 is 5.32 Å². The molecule has 2 rings (SSSR count). The van der Waals surface area contributed by atoms with Crippen LogP contribution in [0.4, 0.5) is 5.13 Å². The van der Waals surface area contributed by atoms with Crippen LogP contribution in [0.25, 0.3) is 0 Å². The van der Waals surface area contributed by atoms with Crippen molar-refractivity contribution in [3.05, 3.63) is 5.69 Å². The fraction of sp³-hybridized carbons (Fsp3) is 0.667. The Morgan fingerprint density at radius 3 is 2.40 bits per heavy atom. The van der Waals surface area contributed by atoms with Gasteiger partial charge in [0.1, 0.15) is 0 Å². The Kier molecular flexibility index (Phi) is 4.77. The number of nitrogens with one attached hydrogen (secondary N) is 1. The molecule has 1 aromatic rings. The normalized spacial score (nSPS) is 17.7. The number of hydrogen-bond donors (Lipinski definition) is 2. The summed E-state index contributed by atoms with van der Waals surface area (Å²) >= 11 is 0.908. The number of nitrogens with two attached hydrogens (primary N) is 1. The van der Waals surface area contributed by atoms with Crippen molar-refractivity contribution in [3.8, 4) is 0 Å². The van der Waals surface area contributed by atoms with Crippen LogP contribution in [0.1, 0.15) is 44.2 Å². The number of rotatable bonds is 3. The molecule has 1 aromatic heterocycles. The second-order valence-corrected chi connectivity index (χ2v) is 7.87. The van der Waals surface area contributed by atoms with Gasteiger partial charge in [-0.1, -0.05) is 37.0 Å². The van der Waals surface area contributed by atoms with Crippen molar-refractivity contribution in [1.29, 1.82) is 0 Å². The first-order valence-corrected chi connectivity index (χ1v) is 9.05. The summed E-state index contributed by atoms with van der Waals surface area (Å²) in [4.78, 5) is 16.2. The van der Waals surface area contributed by atoms with Gasteiger partial charge in [-0.15, -0.1) is 0 Å². The molecule has 1 fully saturated rings. The van der Waals surface area contributed by atoms with Gasteiger partial charge in [0.25, 0.3) is 0 Å². The number of sulfonamides is 1. The summed E-state index contributed by atoms with van der Waals surface area (Å²) in [6.07, 6.45) is 6.26. The fourth-order valence-electron chi connectivity index (χ4n) is 2.45. The number of carbonyl (C=O) groups excluding carboxylic acids is 1. The molecule has 0 atom stereocenters. The lowest BCUT2D eigenvalue weighted by atomic mass is 10.00. The van der Waals surface area contributed by atoms with Crippen LogP contribution in [0.2, 0.25) is 0 Å². The lowest BCUT2D eigenvalue weighted by Crippen LogP contribution is -2.22. The minimum absolute atomic E-state index is 0.000334. The molecule has 8 heteroatoms. The molecule has 0 unspecified atom stereocenters. The third kappa shape index (κ3) is 3.77. The number of aryl methyl sites for hydroxylation is 1. The average Bonchev–Trinajstić information content (AvgIpc) is 2.59. The molecule has 1 heterocycles. The molecule has 0 aliphatic heterocycles. The zero-order valence-corrected chi connectivity index (χ0v) is 13.0. The summed E-state index contributed by atoms with van der Waals surface area (Å²) in [6, 6.07) is 0. The van der Waals surface area contributed by atoms with E-state index in [4.69, 9.17) is 5.14 Å². The van der Waals surface area contributed by atoms with Gasteiger partial charge >= 0.3 is 0 Å². The Hall–Kier alpha value is -0.990. The first-order chi connectivity index (χ1) is 9.38. The number of carbonyl (C=O) groups is 1. The van der Waals surface area contributed by atoms with Gasteiger partial charge in [-0.2, -0.15) is 0 Å². The molecule has 0 spiro atoms. The molecular formula is C12H19N3O3S2. The predicted octanol–water partition coefficient (Wildman–Crippen LogP) is 2.01. The van der Waals surface area contributed by atoms with Gasteiger partial charge in [0, 0.05) is 5.92 Å². The Balaban J connectivity index is 2.08. The molecule has 0 radical (unpaired) electrons. The van der Waals surface area contributed by atoms with E-state index >= 15 is 0 Å². The quantitative estimate of drug-likeness (QED) is 0.832. The minimum Gasteiger partial charge on any atom is -0.302 e. The molecule has 0 aromatic carbocycles. The number of thiazole rings is 1. The van der Waals surface area contributed by atoms with Crippen LogP contribution in [-0.2, 0) is 14.8 Å². The van der Waals surface area contributed by atoms with Crippen LogP contribution in [0.15, 0.2) is 4.21 Å². The van der Waals surface area contributed by atoms with E-state index in [0.29, 0.717) is 10.8 Å². The Morgan fingerprint density at radius 2 is 1.90 bits per heavy atom. The highest BCUT2D eigenvalue weighted by Crippen LogP contribution is 2.28. The first kappa shape index (κ1) is 15.4. The fourth-order valence-corrected chi connectivity index (χ4v) is 4.31. The molecule has 20 heavy (non-hydrogen) atoms. The highest BCUT2D eigenvalue weighted by Gasteiger charge is 2.23. The Bertz CT molecular complexity index is 587. The summed E-state index contributed by atoms with van der Waals surface area (Å²) in [5.41, 5.74) is 0.327. The van der Waals surface area contributed by atoms with Gasteiger partial charge in [-0.3, -0.25) is 4.79 Å². The van der Waals surface area contributed by atoms with Crippen LogP contribution in [0, 0.1) is 12.8 Å². The van der Waals surface area contributed by atoms with E-state index in [1.54, 1.807) is 6.92 Å². The van der Waals surface area contributed by atoms with Crippen molar-refractivity contribution in [3.63, 3.8) is 0 Å². The summed E-state index contributed by atoms with van der Waals surface area (Å²) in [7, 11) is -3.77. The van der Waals surface area contributed by atoms with Gasteiger partial charge in [0.15, 0.2) is 9.34 Å². The number of amides is 1. The highest BCUT2D eigenvalue weighted by molar-refractivity contribution is 7.91. The highest BCUT2D eigenvalue weighted by atomic mass is 32.2. The summed E-state index contributed by atoms with van der Waals surface area (Å²) in [5.74, 6) is -0.0683. The third-order valence-corrected chi connectivity index (χ3v) is 6.10. The molecule has 1 amide bonds. The van der Waals surface area contributed by atoms with Crippen LogP contribution in [0.3, 0.4) is 0 Å². The van der Waals surface area contributed by atoms with Crippen LogP contribution in [0.5, 0.6) is 0 Å². The molecule has 1 aliphatic rings. The van der Waals surface area contributed by atoms with E-state index in [-0.39, 0.29) is 16.0 Å². The van der Waals surface area contributed by atoms with Crippen molar-refractivity contribution >= 4 is 32.4 Å². The third-order valence-electron chi connectivity index (χ3n) is 3.47. The lowest BCUT2D eigenvalue weighted by Gasteiger charge is -2.12. The Morgan fingerprint density at radius 1 is 1.30 bits per heavy atom. The van der Waals surface area contributed by atoms with Crippen LogP contribution in [-0.4, -0.2) is 19.3 Å². The maximum Gasteiger partial charge on any atom is 0.249 e. The Labute approximate surface area is 122 Å². The number of aromatic nitrogens is 1. The van der Waals surface area contributed by atoms with Crippen molar-refractivity contribution in [2.75, 3.05) is 5.32 Å². The number of primary sulfonamides is 1. The average molecular weight is 317 g/mol. The first-order valence-electron chi connectivity index (χ1n) is 6.69. The summed E-state index contributed by atoms with van der Waals surface area (Å²) < 4.78 is 22.7. The molecular weight excluding hydrogens is 298 g/mol. The van der Waals surface area contributed by atoms with Gasteiger partial charge in [0.05, 0.1) is 5.69 Å². The SMILES string of the molecule is Cc1nc(NC(=O)C2CCCCCC2)sc1S(N)(=O)=O. The van der Waals surface area contributed by atoms with Gasteiger partial charge in [0.2, 0.25) is 15.9 Å². The smallest absolute Gasteiger partial charge is 0.249 e. The van der Waals surface area contributed by atoms with E-state index in [2.05, 4.69) is 10.3 Å². The summed E-state index contributed by atoms with van der Waals surface area (Å²) in [5, 5.41) is 8.12. The van der Waals surface area contributed by atoms with Crippen molar-refractivity contribution in [2.24, 2.45) is 11.1 Å². The molecule has 1 aliphatic carbocycles. The predicted molar refractivity (Wildman–Crippen MR) is 78.0 cm³/mol. The second kappa shape index (κ2) is 6.19. The van der Waals surface area contributed by atoms with Crippen LogP contribution >= 0.6 is 11.3 Å². The number of nitrogens with zero attached hydrogens (tertiary/aromatic N) is 1. The maximum atomic E-state index is 12.2. The van der Waals surface area contributed by atoms with E-state index in [1.807, 2.05) is 0 Å². The monoisotopic (exact) mass is 317 g/mol. The van der Waals surface area contributed by atoms with Gasteiger partial charge in [-0.05, 0) is 19.8 Å². The molecule has 0 saturated heterocycles. The standard InChI is InChI=1S/C12H19N3O3S2/c1-8-11(20(13,17)18)19-12(14-8)15-10(16)9-6-4-2-3-5-7-9/h9H,2-7H2,1H3,(H2,13,17,18)(H,14,15,16). The molecule has 112 valence electrons. The zero-order valence-electron chi connectivity index (χ0n) is 11.4. The lowest BCUT2D eigenvalue weighted by molar-refractivity contribution is -0.120. The minimum atomic E-state index is -3.77. The topological polar surface area (TPSA) is 102 Å². The zero-order chi connectivity index (χ0) is 14.8. The largest absolute Gasteiger partial charge is 0.302 e. The van der Waals surface area contributed by atoms with Crippen LogP contribution < -0.4 is 10.5 Å². The summed E-state index contributed by atoms with van der Waals surface area (Å²) in [6.45, 7) is 1.57. The number of anilines is 1. The molecule has 1 saturated carbocycles. The molecule has 3 N–H and O–H groups in total. The van der Waals surface area contributed by atoms with Crippen molar-refractivity contribution in [1.82, 2.24) is 4.98 Å². The maximum absolute atomic E-state index is 12.2. The van der Waals surface area contributed by atoms with E-state index in [9.17, 15) is 13.2 Å². The molecule has 0 bridgehead atoms. The second-order valence-electron chi connectivity index (χ2n) is 5.11. The van der Waals surface area contributed by atoms with E-state index < -0.39 is 10.0 Å². The molecule has 6 nitrogen and oxygen atoms in total. The van der Waals surface area contributed by atoms with E-state index in [1.165, 1.54) is 12.8 Å². The van der Waals surface area contributed by atoms with Crippen molar-refractivity contribution < 1.29 is 13.2 Å². The van der Waals surface area contributed by atoms with Gasteiger partial charge in [-0.25, -0.2) is 18.5 Å². The number of hydrogen-bond acceptors (Lipinski definition) is 5. The van der Waals surface area contributed by atoms with Crippen molar-refractivity contribution in [2.45, 2.75) is 49.7 Å².